The van der Waals surface area contributed by atoms with E-state index in [1.165, 1.54) is 22.4 Å². The normalized spacial score (nSPS) is 13.2. The number of anilines is 1. The Morgan fingerprint density at radius 3 is 2.48 bits per heavy atom. The number of aromatic nitrogens is 2. The molecule has 7 heteroatoms. The summed E-state index contributed by atoms with van der Waals surface area (Å²) in [5.74, 6) is 0.789. The molecule has 2 heterocycles. The minimum absolute atomic E-state index is 0. The van der Waals surface area contributed by atoms with E-state index in [0.29, 0.717) is 6.54 Å². The fourth-order valence-corrected chi connectivity index (χ4v) is 3.59. The number of nitrogens with zero attached hydrogens (tertiary/aromatic N) is 4. The maximum absolute atomic E-state index is 4.38. The van der Waals surface area contributed by atoms with E-state index in [0.717, 1.165) is 32.1 Å². The molecule has 31 heavy (non-hydrogen) atoms. The number of guanidine groups is 1. The second kappa shape index (κ2) is 11.5. The maximum atomic E-state index is 4.38. The maximum Gasteiger partial charge on any atom is 0.191 e. The monoisotopic (exact) mass is 528 g/mol. The number of hydrogen-bond acceptors (Lipinski definition) is 3. The first-order chi connectivity index (χ1) is 14.8. The quantitative estimate of drug-likeness (QED) is 0.212. The highest BCUT2D eigenvalue weighted by atomic mass is 127. The fourth-order valence-electron chi connectivity index (χ4n) is 3.59. The molecule has 0 unspecified atom stereocenters. The zero-order chi connectivity index (χ0) is 20.6. The van der Waals surface area contributed by atoms with Gasteiger partial charge in [-0.05, 0) is 34.9 Å². The Kier molecular flexibility index (Phi) is 8.52. The van der Waals surface area contributed by atoms with Gasteiger partial charge in [-0.3, -0.25) is 9.67 Å². The molecule has 6 nitrogen and oxygen atoms in total. The molecule has 0 saturated carbocycles. The molecular weight excluding hydrogens is 499 g/mol. The van der Waals surface area contributed by atoms with Crippen molar-refractivity contribution >= 4 is 35.6 Å². The van der Waals surface area contributed by atoms with E-state index in [2.05, 4.69) is 86.3 Å². The molecule has 0 spiro atoms. The second-order valence-electron chi connectivity index (χ2n) is 7.30. The van der Waals surface area contributed by atoms with Crippen molar-refractivity contribution in [2.75, 3.05) is 25.0 Å². The van der Waals surface area contributed by atoms with Crippen LogP contribution in [-0.2, 0) is 19.6 Å². The molecular formula is C24H29IN6. The summed E-state index contributed by atoms with van der Waals surface area (Å²) in [4.78, 5) is 6.73. The summed E-state index contributed by atoms with van der Waals surface area (Å²) in [7, 11) is 1.80. The van der Waals surface area contributed by atoms with Crippen molar-refractivity contribution in [1.82, 2.24) is 20.4 Å². The number of benzene rings is 2. The highest BCUT2D eigenvalue weighted by Crippen LogP contribution is 2.18. The molecule has 162 valence electrons. The lowest BCUT2D eigenvalue weighted by Gasteiger charge is -2.19. The van der Waals surface area contributed by atoms with Crippen molar-refractivity contribution in [2.24, 2.45) is 4.99 Å². The van der Waals surface area contributed by atoms with Gasteiger partial charge in [0.2, 0.25) is 0 Å². The van der Waals surface area contributed by atoms with Gasteiger partial charge in [0.15, 0.2) is 5.96 Å². The molecule has 2 aromatic carbocycles. The van der Waals surface area contributed by atoms with Crippen LogP contribution in [0.3, 0.4) is 0 Å². The van der Waals surface area contributed by atoms with E-state index >= 15 is 0 Å². The molecule has 0 saturated heterocycles. The Morgan fingerprint density at radius 2 is 1.74 bits per heavy atom. The van der Waals surface area contributed by atoms with Crippen LogP contribution in [0.1, 0.15) is 16.7 Å². The summed E-state index contributed by atoms with van der Waals surface area (Å²) >= 11 is 0. The van der Waals surface area contributed by atoms with E-state index in [1.54, 1.807) is 7.05 Å². The Morgan fingerprint density at radius 1 is 0.968 bits per heavy atom. The van der Waals surface area contributed by atoms with Crippen LogP contribution < -0.4 is 15.5 Å². The van der Waals surface area contributed by atoms with Gasteiger partial charge in [0.25, 0.3) is 0 Å². The van der Waals surface area contributed by atoms with Crippen molar-refractivity contribution in [3.8, 4) is 0 Å². The SMILES string of the molecule is CN=C(NCc1cccc(N2CC=CC2)c1)NCc1ccccc1Cn1cccn1.I. The minimum atomic E-state index is 0. The molecule has 0 fully saturated rings. The van der Waals surface area contributed by atoms with Crippen molar-refractivity contribution in [1.29, 1.82) is 0 Å². The predicted molar refractivity (Wildman–Crippen MR) is 138 cm³/mol. The van der Waals surface area contributed by atoms with Crippen LogP contribution in [0, 0.1) is 0 Å². The van der Waals surface area contributed by atoms with Gasteiger partial charge >= 0.3 is 0 Å². The zero-order valence-electron chi connectivity index (χ0n) is 17.7. The van der Waals surface area contributed by atoms with Crippen LogP contribution in [0.5, 0.6) is 0 Å². The molecule has 0 atom stereocenters. The topological polar surface area (TPSA) is 57.5 Å². The summed E-state index contributed by atoms with van der Waals surface area (Å²) in [5, 5.41) is 11.2. The Labute approximate surface area is 201 Å². The molecule has 4 rings (SSSR count). The van der Waals surface area contributed by atoms with Gasteiger partial charge in [-0.15, -0.1) is 24.0 Å². The van der Waals surface area contributed by atoms with E-state index in [-0.39, 0.29) is 24.0 Å². The molecule has 0 aliphatic carbocycles. The summed E-state index contributed by atoms with van der Waals surface area (Å²) in [6.07, 6.45) is 8.21. The predicted octanol–water partition coefficient (Wildman–Crippen LogP) is 3.79. The number of hydrogen-bond donors (Lipinski definition) is 2. The van der Waals surface area contributed by atoms with Crippen LogP contribution in [-0.4, -0.2) is 35.9 Å². The van der Waals surface area contributed by atoms with Crippen LogP contribution in [0.25, 0.3) is 0 Å². The largest absolute Gasteiger partial charge is 0.364 e. The lowest BCUT2D eigenvalue weighted by molar-refractivity contribution is 0.677. The van der Waals surface area contributed by atoms with Crippen molar-refractivity contribution in [2.45, 2.75) is 19.6 Å². The van der Waals surface area contributed by atoms with Crippen LogP contribution in [0.15, 0.2) is 84.1 Å². The van der Waals surface area contributed by atoms with Crippen molar-refractivity contribution < 1.29 is 0 Å². The van der Waals surface area contributed by atoms with Gasteiger partial charge < -0.3 is 15.5 Å². The first kappa shape index (κ1) is 22.9. The first-order valence-corrected chi connectivity index (χ1v) is 10.3. The Bertz CT molecular complexity index is 1000. The number of halogens is 1. The molecule has 0 bridgehead atoms. The van der Waals surface area contributed by atoms with Gasteiger partial charge in [0, 0.05) is 51.3 Å². The summed E-state index contributed by atoms with van der Waals surface area (Å²) < 4.78 is 1.94. The van der Waals surface area contributed by atoms with Gasteiger partial charge in [-0.25, -0.2) is 0 Å². The van der Waals surface area contributed by atoms with Gasteiger partial charge in [-0.1, -0.05) is 48.6 Å². The third kappa shape index (κ3) is 6.33. The molecule has 1 aliphatic heterocycles. The number of aliphatic imine (C=N–C) groups is 1. The molecule has 0 radical (unpaired) electrons. The van der Waals surface area contributed by atoms with E-state index < -0.39 is 0 Å². The smallest absolute Gasteiger partial charge is 0.191 e. The van der Waals surface area contributed by atoms with Crippen LogP contribution >= 0.6 is 24.0 Å². The average Bonchev–Trinajstić information content (AvgIpc) is 3.50. The van der Waals surface area contributed by atoms with E-state index in [1.807, 2.05) is 23.1 Å². The van der Waals surface area contributed by atoms with E-state index in [9.17, 15) is 0 Å². The number of nitrogens with one attached hydrogen (secondary N) is 2. The first-order valence-electron chi connectivity index (χ1n) is 10.3. The molecule has 1 aromatic heterocycles. The van der Waals surface area contributed by atoms with E-state index in [4.69, 9.17) is 0 Å². The molecule has 3 aromatic rings. The van der Waals surface area contributed by atoms with Gasteiger partial charge in [0.05, 0.1) is 6.54 Å². The Balaban J connectivity index is 0.00000272. The van der Waals surface area contributed by atoms with Crippen molar-refractivity contribution in [3.05, 3.63) is 95.8 Å². The third-order valence-electron chi connectivity index (χ3n) is 5.23. The standard InChI is InChI=1S/C24H28N6.HI/c1-25-24(26-17-20-8-6-11-23(16-20)29-13-4-5-14-29)27-18-21-9-2-3-10-22(21)19-30-15-7-12-28-30;/h2-12,15-16H,13-14,17-19H2,1H3,(H2,25,26,27);1H. The second-order valence-corrected chi connectivity index (χ2v) is 7.30. The van der Waals surface area contributed by atoms with Crippen LogP contribution in [0.2, 0.25) is 0 Å². The third-order valence-corrected chi connectivity index (χ3v) is 5.23. The molecule has 2 N–H and O–H groups in total. The highest BCUT2D eigenvalue weighted by molar-refractivity contribution is 14.0. The average molecular weight is 528 g/mol. The fraction of sp³-hybridized carbons (Fsp3) is 0.250. The lowest BCUT2D eigenvalue weighted by atomic mass is 10.1. The van der Waals surface area contributed by atoms with Crippen LogP contribution in [0.4, 0.5) is 5.69 Å². The Hall–Kier alpha value is -2.81. The summed E-state index contributed by atoms with van der Waals surface area (Å²) in [6, 6.07) is 19.0. The zero-order valence-corrected chi connectivity index (χ0v) is 20.1. The number of rotatable bonds is 7. The lowest BCUT2D eigenvalue weighted by Crippen LogP contribution is -2.36. The van der Waals surface area contributed by atoms with Gasteiger partial charge in [0.1, 0.15) is 0 Å². The summed E-state index contributed by atoms with van der Waals surface area (Å²) in [5.41, 5.74) is 4.98. The summed E-state index contributed by atoms with van der Waals surface area (Å²) in [6.45, 7) is 4.16. The van der Waals surface area contributed by atoms with Crippen molar-refractivity contribution in [3.63, 3.8) is 0 Å². The molecule has 1 aliphatic rings. The minimum Gasteiger partial charge on any atom is -0.364 e. The van der Waals surface area contributed by atoms with Gasteiger partial charge in [-0.2, -0.15) is 5.10 Å². The highest BCUT2D eigenvalue weighted by Gasteiger charge is 2.08. The molecule has 0 amide bonds.